The van der Waals surface area contributed by atoms with Crippen LogP contribution in [0.25, 0.3) is 10.4 Å². The van der Waals surface area contributed by atoms with E-state index < -0.39 is 45.8 Å². The molecule has 10 nitrogen and oxygen atoms in total. The van der Waals surface area contributed by atoms with Crippen LogP contribution in [-0.2, 0) is 16.0 Å². The predicted molar refractivity (Wildman–Crippen MR) is 130 cm³/mol. The number of rotatable bonds is 7. The van der Waals surface area contributed by atoms with E-state index in [1.165, 1.54) is 48.1 Å². The smallest absolute Gasteiger partial charge is 0.447 e. The minimum Gasteiger partial charge on any atom is -0.477 e. The van der Waals surface area contributed by atoms with Gasteiger partial charge in [-0.3, -0.25) is 19.3 Å². The minimum atomic E-state index is -4.58. The zero-order valence-corrected chi connectivity index (χ0v) is 21.3. The van der Waals surface area contributed by atoms with Gasteiger partial charge in [0.1, 0.15) is 21.9 Å². The van der Waals surface area contributed by atoms with Gasteiger partial charge in [0.05, 0.1) is 27.9 Å². The number of amides is 1. The summed E-state index contributed by atoms with van der Waals surface area (Å²) in [5, 5.41) is 31.4. The molecule has 15 heteroatoms. The minimum absolute atomic E-state index is 0.134. The van der Waals surface area contributed by atoms with Gasteiger partial charge in [0.2, 0.25) is 5.91 Å². The van der Waals surface area contributed by atoms with E-state index in [2.05, 4.69) is 4.98 Å². The number of carbonyl (C=O) groups is 2. The second-order valence-electron chi connectivity index (χ2n) is 9.37. The number of fused-ring (bicyclic) bond motifs is 2. The Morgan fingerprint density at radius 2 is 2.00 bits per heavy atom. The number of hydrogen-bond donors (Lipinski definition) is 2. The fourth-order valence-corrected chi connectivity index (χ4v) is 7.40. The first-order valence-electron chi connectivity index (χ1n) is 11.2. The number of carbonyl (C=O) groups excluding carboxylic acids is 1. The molecule has 0 spiro atoms. The molecule has 200 valence electrons. The van der Waals surface area contributed by atoms with Crippen LogP contribution >= 0.6 is 23.1 Å². The summed E-state index contributed by atoms with van der Waals surface area (Å²) < 4.78 is 40.6. The molecule has 4 heterocycles. The normalized spacial score (nSPS) is 24.1. The van der Waals surface area contributed by atoms with Gasteiger partial charge in [0, 0.05) is 41.1 Å². The van der Waals surface area contributed by atoms with Gasteiger partial charge >= 0.3 is 11.5 Å². The van der Waals surface area contributed by atoms with E-state index in [1.807, 2.05) is 0 Å². The number of carboxylic acids is 1. The number of aliphatic hydroxyl groups excluding tert-OH is 1. The molecule has 4 atom stereocenters. The number of benzene rings is 1. The fourth-order valence-electron chi connectivity index (χ4n) is 5.48. The molecule has 5 rings (SSSR count). The number of thiazole rings is 1. The van der Waals surface area contributed by atoms with Gasteiger partial charge in [0.15, 0.2) is 0 Å². The number of aliphatic carboxylic acids is 1. The van der Waals surface area contributed by atoms with Gasteiger partial charge < -0.3 is 15.1 Å². The number of thioether (sulfide) groups is 1. The van der Waals surface area contributed by atoms with E-state index in [0.717, 1.165) is 16.2 Å². The van der Waals surface area contributed by atoms with Crippen molar-refractivity contribution in [2.75, 3.05) is 0 Å². The summed E-state index contributed by atoms with van der Waals surface area (Å²) >= 11 is 0.538. The van der Waals surface area contributed by atoms with Crippen LogP contribution in [0.4, 0.5) is 18.9 Å². The highest BCUT2D eigenvalue weighted by Crippen LogP contribution is 2.60. The standard InChI is InChI=1S/C23H19F3N4O6S2/c1-10(31)14-17-22(2,7-11-3-5-12(6-4-11)30(35)36)15(16(21(33)34)29(17)19(14)32)13-8-28-9-27-18(20(28)37-13)38-23(24,25)26/h3-6,8-10,14,17,31H,7H2,1-2H3,(H,33,34)/t10-,14-,17-,22+/m1/s1. The monoisotopic (exact) mass is 568 g/mol. The molecule has 0 unspecified atom stereocenters. The Bertz CT molecular complexity index is 1510. The molecule has 0 saturated carbocycles. The molecule has 0 bridgehead atoms. The second-order valence-corrected chi connectivity index (χ2v) is 11.5. The Morgan fingerprint density at radius 3 is 2.55 bits per heavy atom. The average Bonchev–Trinajstić information content (AvgIpc) is 3.42. The van der Waals surface area contributed by atoms with Crippen molar-refractivity contribution in [3.05, 3.63) is 63.0 Å². The van der Waals surface area contributed by atoms with Crippen LogP contribution in [0, 0.1) is 21.4 Å². The van der Waals surface area contributed by atoms with Crippen molar-refractivity contribution < 1.29 is 37.9 Å². The zero-order chi connectivity index (χ0) is 27.7. The average molecular weight is 569 g/mol. The summed E-state index contributed by atoms with van der Waals surface area (Å²) in [5.41, 5.74) is -5.27. The summed E-state index contributed by atoms with van der Waals surface area (Å²) in [7, 11) is 0. The van der Waals surface area contributed by atoms with Crippen LogP contribution in [0.1, 0.15) is 24.3 Å². The first kappa shape index (κ1) is 26.2. The number of nitro groups is 1. The zero-order valence-electron chi connectivity index (χ0n) is 19.7. The third-order valence-corrected chi connectivity index (χ3v) is 8.90. The van der Waals surface area contributed by atoms with Crippen molar-refractivity contribution in [3.63, 3.8) is 0 Å². The number of β-lactam (4-membered cyclic amide) rings is 1. The lowest BCUT2D eigenvalue weighted by Gasteiger charge is -2.51. The summed E-state index contributed by atoms with van der Waals surface area (Å²) in [6, 6.07) is 4.93. The van der Waals surface area contributed by atoms with Gasteiger partial charge in [-0.05, 0) is 18.9 Å². The van der Waals surface area contributed by atoms with Crippen LogP contribution in [0.3, 0.4) is 0 Å². The molecule has 38 heavy (non-hydrogen) atoms. The van der Waals surface area contributed by atoms with Gasteiger partial charge in [-0.1, -0.05) is 19.1 Å². The molecule has 2 aromatic heterocycles. The maximum atomic E-state index is 13.1. The lowest BCUT2D eigenvalue weighted by Crippen LogP contribution is -2.66. The third kappa shape index (κ3) is 4.05. The van der Waals surface area contributed by atoms with Crippen LogP contribution in [0.5, 0.6) is 0 Å². The Morgan fingerprint density at radius 1 is 1.34 bits per heavy atom. The summed E-state index contributed by atoms with van der Waals surface area (Å²) in [5.74, 6) is -2.87. The van der Waals surface area contributed by atoms with Crippen molar-refractivity contribution in [2.45, 2.75) is 42.9 Å². The van der Waals surface area contributed by atoms with E-state index in [9.17, 15) is 43.1 Å². The molecule has 3 aromatic rings. The van der Waals surface area contributed by atoms with Crippen LogP contribution in [-0.4, -0.2) is 59.0 Å². The van der Waals surface area contributed by atoms with Crippen molar-refractivity contribution in [2.24, 2.45) is 11.3 Å². The summed E-state index contributed by atoms with van der Waals surface area (Å²) in [6.07, 6.45) is 1.73. The maximum absolute atomic E-state index is 13.1. The molecule has 0 radical (unpaired) electrons. The SMILES string of the molecule is C[C@@H](O)[C@H]1C(=O)N2C(C(=O)O)=C(c3cn4cnc(SC(F)(F)F)c4s3)[C@](C)(Cc3ccc([N+](=O)[O-])cc3)[C@@H]12. The Hall–Kier alpha value is -3.43. The maximum Gasteiger partial charge on any atom is 0.447 e. The lowest BCUT2D eigenvalue weighted by atomic mass is 9.64. The van der Waals surface area contributed by atoms with E-state index in [1.54, 1.807) is 6.92 Å². The molecular formula is C23H19F3N4O6S2. The number of halogens is 3. The van der Waals surface area contributed by atoms with E-state index in [-0.39, 0.29) is 45.0 Å². The van der Waals surface area contributed by atoms with Gasteiger partial charge in [-0.2, -0.15) is 13.2 Å². The van der Waals surface area contributed by atoms with Gasteiger partial charge in [0.25, 0.3) is 5.69 Å². The number of hydrogen-bond acceptors (Lipinski definition) is 8. The van der Waals surface area contributed by atoms with Crippen molar-refractivity contribution >= 4 is 51.1 Å². The second kappa shape index (κ2) is 8.81. The van der Waals surface area contributed by atoms with Crippen LogP contribution in [0.2, 0.25) is 0 Å². The fraction of sp³-hybridized carbons (Fsp3) is 0.348. The molecule has 2 aliphatic rings. The number of aromatic nitrogens is 2. The molecule has 2 aliphatic heterocycles. The molecular weight excluding hydrogens is 549 g/mol. The number of nitro benzene ring substituents is 1. The van der Waals surface area contributed by atoms with Crippen molar-refractivity contribution in [3.8, 4) is 0 Å². The molecule has 2 N–H and O–H groups in total. The van der Waals surface area contributed by atoms with Gasteiger partial charge in [-0.15, -0.1) is 11.3 Å². The number of nitrogens with zero attached hydrogens (tertiary/aromatic N) is 4. The van der Waals surface area contributed by atoms with Crippen LogP contribution in [0.15, 0.2) is 47.5 Å². The molecule has 1 saturated heterocycles. The third-order valence-electron chi connectivity index (χ3n) is 6.92. The topological polar surface area (TPSA) is 138 Å². The number of aliphatic hydroxyl groups is 1. The number of carboxylic acid groups (broad SMARTS) is 1. The quantitative estimate of drug-likeness (QED) is 0.187. The molecule has 1 fully saturated rings. The number of non-ortho nitro benzene ring substituents is 1. The van der Waals surface area contributed by atoms with E-state index >= 15 is 0 Å². The first-order chi connectivity index (χ1) is 17.7. The van der Waals surface area contributed by atoms with E-state index in [0.29, 0.717) is 10.4 Å². The Labute approximate surface area is 220 Å². The Kier molecular flexibility index (Phi) is 6.07. The molecule has 0 aliphatic carbocycles. The van der Waals surface area contributed by atoms with E-state index in [4.69, 9.17) is 0 Å². The predicted octanol–water partition coefficient (Wildman–Crippen LogP) is 4.18. The van der Waals surface area contributed by atoms with Crippen molar-refractivity contribution in [1.82, 2.24) is 14.3 Å². The highest BCUT2D eigenvalue weighted by atomic mass is 32.2. The van der Waals surface area contributed by atoms with Crippen molar-refractivity contribution in [1.29, 1.82) is 0 Å². The molecule has 1 amide bonds. The first-order valence-corrected chi connectivity index (χ1v) is 12.8. The number of imidazole rings is 1. The number of alkyl halides is 3. The highest BCUT2D eigenvalue weighted by Gasteiger charge is 2.66. The lowest BCUT2D eigenvalue weighted by molar-refractivity contribution is -0.384. The summed E-state index contributed by atoms with van der Waals surface area (Å²) in [4.78, 5) is 41.5. The van der Waals surface area contributed by atoms with Gasteiger partial charge in [-0.25, -0.2) is 9.78 Å². The Balaban J connectivity index is 1.67. The molecule has 1 aromatic carbocycles. The summed E-state index contributed by atoms with van der Waals surface area (Å²) in [6.45, 7) is 3.17. The highest BCUT2D eigenvalue weighted by molar-refractivity contribution is 8.00. The van der Waals surface area contributed by atoms with Crippen LogP contribution < -0.4 is 0 Å². The largest absolute Gasteiger partial charge is 0.477 e.